The molecule has 174 valence electrons. The first-order chi connectivity index (χ1) is 15.1. The van der Waals surface area contributed by atoms with Gasteiger partial charge in [0.25, 0.3) is 0 Å². The van der Waals surface area contributed by atoms with Crippen molar-refractivity contribution < 1.29 is 13.2 Å². The molecule has 1 aliphatic rings. The normalized spacial score (nSPS) is 15.9. The molecule has 3 rings (SSSR count). The van der Waals surface area contributed by atoms with E-state index >= 15 is 0 Å². The van der Waals surface area contributed by atoms with Crippen molar-refractivity contribution in [2.24, 2.45) is 0 Å². The highest BCUT2D eigenvalue weighted by Gasteiger charge is 2.30. The van der Waals surface area contributed by atoms with Gasteiger partial charge < -0.3 is 5.32 Å². The van der Waals surface area contributed by atoms with Gasteiger partial charge in [-0.2, -0.15) is 0 Å². The number of nitrogens with one attached hydrogen (secondary N) is 1. The van der Waals surface area contributed by atoms with Crippen LogP contribution in [0.1, 0.15) is 48.4 Å². The number of nitrogens with zero attached hydrogens (tertiary/aromatic N) is 2. The minimum atomic E-state index is -3.64. The first-order valence-corrected chi connectivity index (χ1v) is 13.1. The summed E-state index contributed by atoms with van der Waals surface area (Å²) in [5.41, 5.74) is 4.54. The third-order valence-electron chi connectivity index (χ3n) is 6.00. The summed E-state index contributed by atoms with van der Waals surface area (Å²) in [6.45, 7) is 8.95. The number of aryl methyl sites for hydroxylation is 2. The standard InChI is InChI=1S/C25H35N3O3S/c1-19-11-12-20(2)24(15-19)28(32(4,30)31)21(3)25(29)26-17-22-9-8-10-23(16-22)18-27-13-6-5-7-14-27/h8-12,15-16,21H,5-7,13-14,17-18H2,1-4H3,(H,26,29). The van der Waals surface area contributed by atoms with Gasteiger partial charge in [-0.25, -0.2) is 8.42 Å². The Bertz CT molecular complexity index is 1050. The maximum atomic E-state index is 13.0. The molecule has 6 nitrogen and oxygen atoms in total. The molecule has 1 heterocycles. The maximum absolute atomic E-state index is 13.0. The van der Waals surface area contributed by atoms with Crippen LogP contribution in [0.3, 0.4) is 0 Å². The highest BCUT2D eigenvalue weighted by molar-refractivity contribution is 7.92. The number of hydrogen-bond donors (Lipinski definition) is 1. The Labute approximate surface area is 192 Å². The van der Waals surface area contributed by atoms with E-state index in [0.29, 0.717) is 12.2 Å². The van der Waals surface area contributed by atoms with Crippen molar-refractivity contribution in [1.29, 1.82) is 0 Å². The van der Waals surface area contributed by atoms with Gasteiger partial charge >= 0.3 is 0 Å². The van der Waals surface area contributed by atoms with Crippen molar-refractivity contribution in [1.82, 2.24) is 10.2 Å². The van der Waals surface area contributed by atoms with Gasteiger partial charge in [0.15, 0.2) is 0 Å². The smallest absolute Gasteiger partial charge is 0.243 e. The van der Waals surface area contributed by atoms with E-state index in [1.54, 1.807) is 6.92 Å². The fourth-order valence-electron chi connectivity index (χ4n) is 4.29. The summed E-state index contributed by atoms with van der Waals surface area (Å²) in [7, 11) is -3.64. The number of anilines is 1. The molecule has 1 fully saturated rings. The zero-order valence-corrected chi connectivity index (χ0v) is 20.4. The van der Waals surface area contributed by atoms with Gasteiger partial charge in [-0.3, -0.25) is 14.0 Å². The Kier molecular flexibility index (Phi) is 7.96. The van der Waals surface area contributed by atoms with E-state index in [-0.39, 0.29) is 5.91 Å². The third kappa shape index (κ3) is 6.33. The molecule has 7 heteroatoms. The Morgan fingerprint density at radius 2 is 1.75 bits per heavy atom. The number of likely N-dealkylation sites (tertiary alicyclic amines) is 1. The summed E-state index contributed by atoms with van der Waals surface area (Å²) in [5.74, 6) is -0.322. The lowest BCUT2D eigenvalue weighted by Gasteiger charge is -2.30. The number of benzene rings is 2. The van der Waals surface area contributed by atoms with Gasteiger partial charge in [-0.15, -0.1) is 0 Å². The molecule has 0 spiro atoms. The molecular formula is C25H35N3O3S. The number of rotatable bonds is 8. The third-order valence-corrected chi connectivity index (χ3v) is 7.23. The second-order valence-corrected chi connectivity index (χ2v) is 10.8. The van der Waals surface area contributed by atoms with Gasteiger partial charge in [0.1, 0.15) is 6.04 Å². The van der Waals surface area contributed by atoms with Crippen LogP contribution in [-0.4, -0.2) is 44.6 Å². The Morgan fingerprint density at radius 3 is 2.44 bits per heavy atom. The van der Waals surface area contributed by atoms with Gasteiger partial charge in [0, 0.05) is 13.1 Å². The van der Waals surface area contributed by atoms with E-state index in [0.717, 1.165) is 42.6 Å². The van der Waals surface area contributed by atoms with Crippen LogP contribution in [0.25, 0.3) is 0 Å². The Balaban J connectivity index is 1.69. The van der Waals surface area contributed by atoms with Crippen molar-refractivity contribution >= 4 is 21.6 Å². The number of carbonyl (C=O) groups is 1. The van der Waals surface area contributed by atoms with Crippen molar-refractivity contribution in [3.05, 3.63) is 64.7 Å². The summed E-state index contributed by atoms with van der Waals surface area (Å²) in [4.78, 5) is 15.4. The number of sulfonamides is 1. The van der Waals surface area contributed by atoms with E-state index in [2.05, 4.69) is 22.3 Å². The van der Waals surface area contributed by atoms with Gasteiger partial charge in [-0.1, -0.05) is 42.8 Å². The van der Waals surface area contributed by atoms with Crippen LogP contribution in [0.15, 0.2) is 42.5 Å². The zero-order chi connectivity index (χ0) is 23.3. The molecule has 1 saturated heterocycles. The Morgan fingerprint density at radius 1 is 1.06 bits per heavy atom. The molecule has 0 saturated carbocycles. The largest absolute Gasteiger partial charge is 0.350 e. The highest BCUT2D eigenvalue weighted by Crippen LogP contribution is 2.26. The van der Waals surface area contributed by atoms with Crippen LogP contribution < -0.4 is 9.62 Å². The number of hydrogen-bond acceptors (Lipinski definition) is 4. The second kappa shape index (κ2) is 10.5. The molecule has 1 aliphatic heterocycles. The van der Waals surface area contributed by atoms with Crippen LogP contribution in [0.4, 0.5) is 5.69 Å². The minimum absolute atomic E-state index is 0.322. The fourth-order valence-corrected chi connectivity index (χ4v) is 5.51. The number of carbonyl (C=O) groups excluding carboxylic acids is 1. The number of amides is 1. The fraction of sp³-hybridized carbons (Fsp3) is 0.480. The number of piperidine rings is 1. The summed E-state index contributed by atoms with van der Waals surface area (Å²) < 4.78 is 26.4. The molecule has 1 atom stereocenters. The lowest BCUT2D eigenvalue weighted by atomic mass is 10.1. The molecule has 32 heavy (non-hydrogen) atoms. The van der Waals surface area contributed by atoms with Crippen molar-refractivity contribution in [2.75, 3.05) is 23.7 Å². The van der Waals surface area contributed by atoms with Crippen LogP contribution in [0, 0.1) is 13.8 Å². The molecule has 1 unspecified atom stereocenters. The SMILES string of the molecule is Cc1ccc(C)c(N(C(C)C(=O)NCc2cccc(CN3CCCCC3)c2)S(C)(=O)=O)c1. The average molecular weight is 458 g/mol. The zero-order valence-electron chi connectivity index (χ0n) is 19.6. The van der Waals surface area contributed by atoms with Gasteiger partial charge in [-0.05, 0) is 75.0 Å². The molecule has 0 radical (unpaired) electrons. The molecule has 2 aromatic carbocycles. The first kappa shape index (κ1) is 24.3. The lowest BCUT2D eigenvalue weighted by Crippen LogP contribution is -2.48. The quantitative estimate of drug-likeness (QED) is 0.655. The van der Waals surface area contributed by atoms with Gasteiger partial charge in [0.05, 0.1) is 11.9 Å². The summed E-state index contributed by atoms with van der Waals surface area (Å²) >= 11 is 0. The van der Waals surface area contributed by atoms with Crippen molar-refractivity contribution in [3.63, 3.8) is 0 Å². The molecule has 2 aromatic rings. The predicted molar refractivity (Wildman–Crippen MR) is 130 cm³/mol. The highest BCUT2D eigenvalue weighted by atomic mass is 32.2. The molecular weight excluding hydrogens is 422 g/mol. The van der Waals surface area contributed by atoms with E-state index in [1.165, 1.54) is 29.1 Å². The van der Waals surface area contributed by atoms with Crippen LogP contribution >= 0.6 is 0 Å². The summed E-state index contributed by atoms with van der Waals surface area (Å²) in [6, 6.07) is 13.0. The average Bonchev–Trinajstić information content (AvgIpc) is 2.74. The predicted octanol–water partition coefficient (Wildman–Crippen LogP) is 3.76. The maximum Gasteiger partial charge on any atom is 0.243 e. The summed E-state index contributed by atoms with van der Waals surface area (Å²) in [5, 5.41) is 2.93. The van der Waals surface area contributed by atoms with Crippen LogP contribution in [0.5, 0.6) is 0 Å². The van der Waals surface area contributed by atoms with Crippen LogP contribution in [0.2, 0.25) is 0 Å². The second-order valence-electron chi connectivity index (χ2n) is 8.90. The molecule has 0 aromatic heterocycles. The lowest BCUT2D eigenvalue weighted by molar-refractivity contribution is -0.122. The topological polar surface area (TPSA) is 69.7 Å². The summed E-state index contributed by atoms with van der Waals surface area (Å²) in [6.07, 6.45) is 4.96. The molecule has 1 amide bonds. The van der Waals surface area contributed by atoms with E-state index in [9.17, 15) is 13.2 Å². The first-order valence-electron chi connectivity index (χ1n) is 11.3. The minimum Gasteiger partial charge on any atom is -0.350 e. The Hall–Kier alpha value is -2.38. The van der Waals surface area contributed by atoms with Gasteiger partial charge in [0.2, 0.25) is 15.9 Å². The van der Waals surface area contributed by atoms with Crippen molar-refractivity contribution in [3.8, 4) is 0 Å². The van der Waals surface area contributed by atoms with E-state index in [1.807, 2.05) is 44.2 Å². The molecule has 0 aliphatic carbocycles. The van der Waals surface area contributed by atoms with E-state index < -0.39 is 16.1 Å². The molecule has 0 bridgehead atoms. The van der Waals surface area contributed by atoms with Crippen LogP contribution in [-0.2, 0) is 27.9 Å². The molecule has 1 N–H and O–H groups in total. The van der Waals surface area contributed by atoms with E-state index in [4.69, 9.17) is 0 Å². The monoisotopic (exact) mass is 457 g/mol. The van der Waals surface area contributed by atoms with Crippen molar-refractivity contribution in [2.45, 2.75) is 59.2 Å².